The number of aromatic nitrogens is 2. The minimum Gasteiger partial charge on any atom is -0.509 e. The number of fused-ring (bicyclic) bond motifs is 8. The van der Waals surface area contributed by atoms with E-state index in [0.717, 1.165) is 100 Å². The summed E-state index contributed by atoms with van der Waals surface area (Å²) < 4.78 is 16.3. The summed E-state index contributed by atoms with van der Waals surface area (Å²) in [5.74, 6) is 1.91. The summed E-state index contributed by atoms with van der Waals surface area (Å²) in [6.07, 6.45) is 1.92. The first-order valence-corrected chi connectivity index (χ1v) is 32.0. The number of para-hydroxylation sites is 3. The van der Waals surface area contributed by atoms with Crippen molar-refractivity contribution in [3.63, 3.8) is 0 Å². The molecule has 0 radical (unpaired) electrons. The van der Waals surface area contributed by atoms with Gasteiger partial charge in [-0.25, -0.2) is 4.98 Å². The molecule has 0 saturated heterocycles. The number of anilines is 4. The Kier molecular flexibility index (Phi) is 15.6. The zero-order chi connectivity index (χ0) is 63.8. The van der Waals surface area contributed by atoms with E-state index in [1.165, 1.54) is 38.9 Å². The van der Waals surface area contributed by atoms with Crippen LogP contribution in [0.2, 0.25) is 0 Å². The van der Waals surface area contributed by atoms with Gasteiger partial charge in [0.2, 0.25) is 0 Å². The summed E-state index contributed by atoms with van der Waals surface area (Å²) in [5.41, 5.74) is 21.3. The van der Waals surface area contributed by atoms with Crippen LogP contribution >= 0.6 is 0 Å². The minimum absolute atomic E-state index is 0. The molecule has 0 saturated carbocycles. The van der Waals surface area contributed by atoms with Crippen LogP contribution in [0.25, 0.3) is 82.9 Å². The fraction of sp³-hybridized carbons (Fsp3) is 0.286. The average molecular weight is 1380 g/mol. The predicted octanol–water partition coefficient (Wildman–Crippen LogP) is 23.7. The molecule has 0 amide bonds. The number of hydrogen-bond acceptors (Lipinski definition) is 5. The van der Waals surface area contributed by atoms with E-state index in [4.69, 9.17) is 14.1 Å². The summed E-state index contributed by atoms with van der Waals surface area (Å²) in [6.45, 7) is 43.6. The third-order valence-electron chi connectivity index (χ3n) is 18.2. The van der Waals surface area contributed by atoms with Crippen LogP contribution in [0.4, 0.5) is 22.7 Å². The van der Waals surface area contributed by atoms with Gasteiger partial charge in [0.1, 0.15) is 17.0 Å². The molecule has 0 fully saturated rings. The monoisotopic (exact) mass is 1380 g/mol. The molecule has 13 rings (SSSR count). The van der Waals surface area contributed by atoms with Crippen LogP contribution in [0.15, 0.2) is 187 Å². The molecule has 0 bridgehead atoms. The molecule has 9 aromatic carbocycles. The maximum absolute atomic E-state index is 7.34. The van der Waals surface area contributed by atoms with Crippen molar-refractivity contribution in [3.05, 3.63) is 234 Å². The summed E-state index contributed by atoms with van der Waals surface area (Å²) in [7, 11) is 0. The van der Waals surface area contributed by atoms with Crippen molar-refractivity contribution in [2.24, 2.45) is 0 Å². The van der Waals surface area contributed by atoms with Gasteiger partial charge in [-0.15, -0.1) is 48.3 Å². The smallest absolute Gasteiger partial charge is 0.135 e. The first-order valence-electron chi connectivity index (χ1n) is 32.0. The van der Waals surface area contributed by atoms with Gasteiger partial charge < -0.3 is 23.5 Å². The molecule has 3 aromatic heterocycles. The van der Waals surface area contributed by atoms with E-state index >= 15 is 0 Å². The topological polar surface area (TPSA) is 46.7 Å². The van der Waals surface area contributed by atoms with E-state index in [2.05, 4.69) is 316 Å². The number of ether oxygens (including phenoxy) is 1. The SMILES string of the molecule is CC(C)(C)c1ccc(-c2cc(C(C)(C)C)cc(-c3ccc(C(C)(C)C)cc3)c2N2[CH-]N(c3[c-]c(Oc4[c-]c5c(cc4)c4c6oc7ccccc7c6ccc4n5-c4cc(C(C)(C)C)ccn4)cc(-c4c(C(C)(C)C)cccc4C(C)(C)C)c3)c3ccccc32)cc1.[Pt]. The Hall–Kier alpha value is -8.18. The van der Waals surface area contributed by atoms with E-state index < -0.39 is 0 Å². The fourth-order valence-corrected chi connectivity index (χ4v) is 13.1. The van der Waals surface area contributed by atoms with Gasteiger partial charge in [-0.3, -0.25) is 0 Å². The van der Waals surface area contributed by atoms with Crippen molar-refractivity contribution in [3.8, 4) is 50.7 Å². The number of benzene rings is 9. The van der Waals surface area contributed by atoms with E-state index in [0.29, 0.717) is 11.5 Å². The van der Waals surface area contributed by atoms with Crippen molar-refractivity contribution in [2.75, 3.05) is 9.80 Å². The Labute approximate surface area is 554 Å². The number of rotatable bonds is 8. The number of hydrogen-bond donors (Lipinski definition) is 0. The summed E-state index contributed by atoms with van der Waals surface area (Å²) in [5, 5.41) is 4.14. The molecular weight excluding hydrogens is 1290 g/mol. The normalized spacial score (nSPS) is 13.4. The predicted molar refractivity (Wildman–Crippen MR) is 380 cm³/mol. The Bertz CT molecular complexity index is 4660. The molecule has 91 heavy (non-hydrogen) atoms. The van der Waals surface area contributed by atoms with Crippen molar-refractivity contribution in [1.29, 1.82) is 0 Å². The molecule has 0 N–H and O–H groups in total. The third-order valence-corrected chi connectivity index (χ3v) is 18.2. The van der Waals surface area contributed by atoms with Gasteiger partial charge in [0.25, 0.3) is 0 Å². The zero-order valence-electron chi connectivity index (χ0n) is 56.3. The molecule has 0 aliphatic carbocycles. The van der Waals surface area contributed by atoms with Gasteiger partial charge in [-0.1, -0.05) is 233 Å². The zero-order valence-corrected chi connectivity index (χ0v) is 58.6. The van der Waals surface area contributed by atoms with Crippen LogP contribution in [0, 0.1) is 18.8 Å². The molecule has 0 spiro atoms. The quantitative estimate of drug-likeness (QED) is 0.142. The van der Waals surface area contributed by atoms with Gasteiger partial charge >= 0.3 is 0 Å². The van der Waals surface area contributed by atoms with E-state index in [-0.39, 0.29) is 53.6 Å². The third kappa shape index (κ3) is 11.6. The van der Waals surface area contributed by atoms with E-state index in [9.17, 15) is 0 Å². The van der Waals surface area contributed by atoms with Crippen LogP contribution < -0.4 is 14.5 Å². The second kappa shape index (κ2) is 22.6. The summed E-state index contributed by atoms with van der Waals surface area (Å²) >= 11 is 0. The van der Waals surface area contributed by atoms with Crippen molar-refractivity contribution >= 4 is 66.5 Å². The Morgan fingerprint density at radius 2 is 0.989 bits per heavy atom. The number of furan rings is 1. The first kappa shape index (κ1) is 63.0. The van der Waals surface area contributed by atoms with E-state index in [1.54, 1.807) is 0 Å². The van der Waals surface area contributed by atoms with Crippen LogP contribution in [0.1, 0.15) is 158 Å². The fourth-order valence-electron chi connectivity index (χ4n) is 13.1. The maximum Gasteiger partial charge on any atom is 0.135 e. The molecule has 1 aliphatic heterocycles. The van der Waals surface area contributed by atoms with Crippen LogP contribution in [-0.4, -0.2) is 9.55 Å². The van der Waals surface area contributed by atoms with Crippen molar-refractivity contribution in [2.45, 2.75) is 157 Å². The van der Waals surface area contributed by atoms with Crippen LogP contribution in [0.3, 0.4) is 0 Å². The molecular formula is C84H85N4O2Pt-3. The molecule has 0 atom stereocenters. The van der Waals surface area contributed by atoms with Crippen LogP contribution in [0.5, 0.6) is 11.5 Å². The van der Waals surface area contributed by atoms with Gasteiger partial charge in [0.15, 0.2) is 0 Å². The van der Waals surface area contributed by atoms with E-state index in [1.807, 2.05) is 24.4 Å². The first-order chi connectivity index (χ1) is 42.4. The maximum atomic E-state index is 7.34. The molecule has 12 aromatic rings. The second-order valence-corrected chi connectivity index (χ2v) is 31.1. The average Bonchev–Trinajstić information content (AvgIpc) is 1.61. The molecule has 6 nitrogen and oxygen atoms in total. The summed E-state index contributed by atoms with van der Waals surface area (Å²) in [6, 6.07) is 72.5. The van der Waals surface area contributed by atoms with Gasteiger partial charge in [-0.2, -0.15) is 6.07 Å². The Balaban J connectivity index is 0.00000800. The second-order valence-electron chi connectivity index (χ2n) is 31.1. The minimum atomic E-state index is -0.196. The van der Waals surface area contributed by atoms with Crippen molar-refractivity contribution < 1.29 is 30.2 Å². The molecule has 1 aliphatic rings. The molecule has 466 valence electrons. The standard InChI is InChI=1S/C84H85N4O2.Pt/c1-79(2,3)55-34-30-52(31-35-55)65-46-58(82(10,11)12)47-66(53-32-36-56(37-33-53)80(4,5)6)77(65)87-51-86(69-27-20-21-28-70(69)87)59-44-54(75-67(83(13,14)15)25-23-26-68(75)84(16,17)18)45-61(49-59)89-60-38-39-64-72(50-60)88(74-48-57(42-43-85-74)81(7,8)9)71-41-40-63-62-24-19-22-29-73(62)90-78(63)76(64)71;/h19-48,51H,1-18H3;/q-3;. The largest absolute Gasteiger partial charge is 0.509 e. The Morgan fingerprint density at radius 1 is 0.440 bits per heavy atom. The van der Waals surface area contributed by atoms with Crippen molar-refractivity contribution in [1.82, 2.24) is 9.55 Å². The van der Waals surface area contributed by atoms with Gasteiger partial charge in [0, 0.05) is 83.2 Å². The molecule has 0 unspecified atom stereocenters. The Morgan fingerprint density at radius 3 is 1.56 bits per heavy atom. The van der Waals surface area contributed by atoms with Gasteiger partial charge in [-0.05, 0) is 143 Å². The number of pyridine rings is 1. The van der Waals surface area contributed by atoms with Crippen LogP contribution in [-0.2, 0) is 53.6 Å². The summed E-state index contributed by atoms with van der Waals surface area (Å²) in [4.78, 5) is 9.81. The molecule has 4 heterocycles. The van der Waals surface area contributed by atoms with Gasteiger partial charge in [0.05, 0.1) is 0 Å². The molecule has 7 heteroatoms. The number of nitrogens with zero attached hydrogens (tertiary/aromatic N) is 4.